The minimum atomic E-state index is -4.55. The van der Waals surface area contributed by atoms with E-state index in [0.29, 0.717) is 89.7 Å². The first-order valence-electron chi connectivity index (χ1n) is 34.5. The number of aromatic nitrogens is 6. The molecule has 530 valence electrons. The highest BCUT2D eigenvalue weighted by atomic mass is 35.5. The third-order valence-electron chi connectivity index (χ3n) is 20.2. The Morgan fingerprint density at radius 1 is 0.596 bits per heavy atom. The predicted octanol–water partition coefficient (Wildman–Crippen LogP) is 8.38. The molecule has 3 saturated carbocycles. The van der Waals surface area contributed by atoms with E-state index in [4.69, 9.17) is 26.4 Å². The second-order valence-electron chi connectivity index (χ2n) is 27.3. The SMILES string of the molecule is COc1ccc(C2(F)CCC(N3CC(NC(=O)CNC(=O)c4cccc(C(F)(F)F)c4)C3)CC2)cn1.Cc1cccc(C(=O)NCC(=O)NC2CN(C3CCC(c4nc5n(n4)CCCC5)CC3)C2)c1.Cc1cccc(C(=O)NCC(=O)NC2CN(C3CCC(c4nsc(Cl)n4)CC3)C2)c1. The number of rotatable bonds is 19. The van der Waals surface area contributed by atoms with Crippen molar-refractivity contribution in [2.45, 2.75) is 177 Å². The van der Waals surface area contributed by atoms with Gasteiger partial charge in [-0.1, -0.05) is 41.5 Å². The normalized spacial score (nSPS) is 22.9. The fourth-order valence-electron chi connectivity index (χ4n) is 14.5. The molecule has 0 atom stereocenters. The highest BCUT2D eigenvalue weighted by molar-refractivity contribution is 7.10. The Balaban J connectivity index is 0.000000151. The zero-order valence-electron chi connectivity index (χ0n) is 56.1. The number of alkyl halides is 4. The molecule has 6 aromatic rings. The molecule has 0 bridgehead atoms. The first kappa shape index (κ1) is 72.3. The average Bonchev–Trinajstić information content (AvgIpc) is 1.24. The summed E-state index contributed by atoms with van der Waals surface area (Å²) in [5, 5.41) is 21.4. The molecule has 22 nitrogen and oxygen atoms in total. The number of nitrogens with zero attached hydrogens (tertiary/aromatic N) is 9. The summed E-state index contributed by atoms with van der Waals surface area (Å²) in [4.78, 5) is 93.5. The van der Waals surface area contributed by atoms with E-state index < -0.39 is 29.2 Å². The molecule has 4 aliphatic heterocycles. The van der Waals surface area contributed by atoms with Gasteiger partial charge in [0.2, 0.25) is 28.1 Å². The first-order valence-corrected chi connectivity index (χ1v) is 35.6. The topological polar surface area (TPSA) is 263 Å². The Morgan fingerprint density at radius 2 is 1.06 bits per heavy atom. The zero-order valence-corrected chi connectivity index (χ0v) is 57.7. The van der Waals surface area contributed by atoms with Crippen LogP contribution in [-0.2, 0) is 39.2 Å². The molecule has 13 rings (SSSR count). The number of halogens is 5. The number of benzene rings is 3. The smallest absolute Gasteiger partial charge is 0.416 e. The second kappa shape index (κ2) is 33.0. The highest BCUT2D eigenvalue weighted by Crippen LogP contribution is 2.43. The molecule has 0 spiro atoms. The van der Waals surface area contributed by atoms with Gasteiger partial charge in [-0.3, -0.25) is 43.5 Å². The molecule has 3 aromatic carbocycles. The van der Waals surface area contributed by atoms with Crippen LogP contribution in [0.1, 0.15) is 173 Å². The van der Waals surface area contributed by atoms with E-state index >= 15 is 4.39 Å². The summed E-state index contributed by atoms with van der Waals surface area (Å²) in [5.74, 6) is 2.60. The number of hydrogen-bond donors (Lipinski definition) is 6. The number of carbonyl (C=O) groups excluding carboxylic acids is 6. The molecule has 0 radical (unpaired) electrons. The summed E-state index contributed by atoms with van der Waals surface area (Å²) in [6.45, 7) is 9.35. The van der Waals surface area contributed by atoms with Crippen molar-refractivity contribution in [1.82, 2.24) is 75.7 Å². The fraction of sp³-hybridized carbons (Fsp3) is 0.535. The van der Waals surface area contributed by atoms with Crippen molar-refractivity contribution >= 4 is 58.6 Å². The van der Waals surface area contributed by atoms with Gasteiger partial charge < -0.3 is 36.6 Å². The van der Waals surface area contributed by atoms with Crippen molar-refractivity contribution in [3.63, 3.8) is 0 Å². The summed E-state index contributed by atoms with van der Waals surface area (Å²) >= 11 is 7.16. The number of hydrogen-bond acceptors (Lipinski definition) is 16. The molecule has 7 aliphatic rings. The van der Waals surface area contributed by atoms with Gasteiger partial charge in [-0.25, -0.2) is 24.0 Å². The number of methoxy groups -OCH3 is 1. The Bertz CT molecular complexity index is 3740. The van der Waals surface area contributed by atoms with E-state index in [9.17, 15) is 41.9 Å². The van der Waals surface area contributed by atoms with Gasteiger partial charge in [0, 0.05) is 117 Å². The molecule has 3 saturated heterocycles. The maximum atomic E-state index is 15.5. The Hall–Kier alpha value is -7.98. The minimum Gasteiger partial charge on any atom is -0.481 e. The molecule has 6 N–H and O–H groups in total. The van der Waals surface area contributed by atoms with Gasteiger partial charge in [0.25, 0.3) is 17.7 Å². The lowest BCUT2D eigenvalue weighted by Crippen LogP contribution is -2.63. The summed E-state index contributed by atoms with van der Waals surface area (Å²) in [5.41, 5.74) is 1.25. The van der Waals surface area contributed by atoms with Gasteiger partial charge in [-0.2, -0.15) is 22.6 Å². The van der Waals surface area contributed by atoms with Crippen LogP contribution in [0.15, 0.2) is 91.1 Å². The van der Waals surface area contributed by atoms with Crippen LogP contribution in [0.25, 0.3) is 0 Å². The van der Waals surface area contributed by atoms with Gasteiger partial charge in [-0.15, -0.1) is 0 Å². The monoisotopic (exact) mass is 1410 g/mol. The van der Waals surface area contributed by atoms with E-state index in [0.717, 1.165) is 119 Å². The quantitative estimate of drug-likeness (QED) is 0.0416. The van der Waals surface area contributed by atoms with Crippen molar-refractivity contribution in [2.24, 2.45) is 0 Å². The van der Waals surface area contributed by atoms with Gasteiger partial charge in [0.05, 0.1) is 50.4 Å². The number of amides is 6. The molecule has 3 aromatic heterocycles. The van der Waals surface area contributed by atoms with Crippen molar-refractivity contribution in [3.8, 4) is 5.88 Å². The molecule has 99 heavy (non-hydrogen) atoms. The number of pyridine rings is 1. The van der Waals surface area contributed by atoms with Crippen LogP contribution in [0.3, 0.4) is 0 Å². The van der Waals surface area contributed by atoms with Crippen LogP contribution in [-0.4, -0.2) is 182 Å². The Kier molecular flexibility index (Phi) is 24.1. The van der Waals surface area contributed by atoms with Crippen molar-refractivity contribution < 1.29 is 51.1 Å². The van der Waals surface area contributed by atoms with Gasteiger partial charge in [0.1, 0.15) is 17.3 Å². The predicted molar refractivity (Wildman–Crippen MR) is 365 cm³/mol. The van der Waals surface area contributed by atoms with Gasteiger partial charge in [0.15, 0.2) is 5.82 Å². The van der Waals surface area contributed by atoms with E-state index in [1.54, 1.807) is 24.3 Å². The lowest BCUT2D eigenvalue weighted by atomic mass is 9.78. The van der Waals surface area contributed by atoms with Gasteiger partial charge in [-0.05, 0) is 175 Å². The molecule has 0 unspecified atom stereocenters. The fourth-order valence-corrected chi connectivity index (χ4v) is 15.2. The summed E-state index contributed by atoms with van der Waals surface area (Å²) < 4.78 is 65.9. The van der Waals surface area contributed by atoms with E-state index in [1.807, 2.05) is 50.2 Å². The number of ether oxygens (including phenoxy) is 1. The largest absolute Gasteiger partial charge is 0.481 e. The number of likely N-dealkylation sites (tertiary alicyclic amines) is 3. The molecule has 6 amide bonds. The molecular formula is C71H88ClF4N15O7S. The third-order valence-corrected chi connectivity index (χ3v) is 21.0. The Labute approximate surface area is 583 Å². The molecule has 6 fully saturated rings. The van der Waals surface area contributed by atoms with E-state index in [1.165, 1.54) is 62.4 Å². The van der Waals surface area contributed by atoms with Crippen molar-refractivity contribution in [1.29, 1.82) is 0 Å². The maximum Gasteiger partial charge on any atom is 0.416 e. The zero-order chi connectivity index (χ0) is 69.8. The number of aryl methyl sites for hydroxylation is 4. The lowest BCUT2D eigenvalue weighted by molar-refractivity contribution is -0.137. The number of carbonyl (C=O) groups is 6. The summed E-state index contributed by atoms with van der Waals surface area (Å²) in [7, 11) is 1.51. The lowest BCUT2D eigenvalue weighted by Gasteiger charge is -2.47. The van der Waals surface area contributed by atoms with E-state index in [-0.39, 0.29) is 73.0 Å². The Morgan fingerprint density at radius 3 is 1.48 bits per heavy atom. The minimum absolute atomic E-state index is 0.00240. The van der Waals surface area contributed by atoms with Gasteiger partial charge >= 0.3 is 6.18 Å². The van der Waals surface area contributed by atoms with Crippen LogP contribution >= 0.6 is 23.1 Å². The van der Waals surface area contributed by atoms with Crippen LogP contribution in [0, 0.1) is 13.8 Å². The maximum absolute atomic E-state index is 15.5. The van der Waals surface area contributed by atoms with Crippen LogP contribution in [0.2, 0.25) is 4.47 Å². The second-order valence-corrected chi connectivity index (χ2v) is 28.6. The first-order chi connectivity index (χ1) is 47.6. The highest BCUT2D eigenvalue weighted by Gasteiger charge is 2.43. The average molecular weight is 1410 g/mol. The van der Waals surface area contributed by atoms with Crippen LogP contribution < -0.4 is 36.6 Å². The van der Waals surface area contributed by atoms with Crippen LogP contribution in [0.4, 0.5) is 17.6 Å². The summed E-state index contributed by atoms with van der Waals surface area (Å²) in [6, 6.07) is 23.7. The van der Waals surface area contributed by atoms with Crippen molar-refractivity contribution in [2.75, 3.05) is 66.0 Å². The standard InChI is InChI=1S/C25H28F4N4O3.C25H34N6O2.C21H26ClN5O2S/c1-36-22-6-5-18(12-30-22)24(26)9-7-20(8-10-24)33-14-19(15-33)32-21(34)13-31-23(35)16-3-2-4-17(11-16)25(27,28)29;1-17-5-4-6-19(13-17)25(33)26-14-23(32)27-20-15-30(16-20)21-10-8-18(9-11-21)24-28-22-7-2-3-12-31(22)29-24;1-13-3-2-4-15(9-13)20(29)23-10-18(28)24-16-11-27(12-16)17-7-5-14(6-8-17)19-25-21(22)30-26-19/h2-6,11-12,19-20H,7-10,13-15H2,1H3,(H,31,35)(H,32,34);4-6,13,18,20-21H,2-3,7-12,14-16H2,1H3,(H,26,33)(H,27,32);2-4,9,14,16-17H,5-8,10-12H2,1H3,(H,23,29)(H,24,28). The van der Waals surface area contributed by atoms with E-state index in [2.05, 4.69) is 65.6 Å². The molecule has 28 heteroatoms. The molecule has 7 heterocycles. The molecule has 3 aliphatic carbocycles. The molecular weight excluding hydrogens is 1320 g/mol. The number of nitrogens with one attached hydrogen (secondary N) is 6. The summed E-state index contributed by atoms with van der Waals surface area (Å²) in [6.07, 6.45) is 11.7. The number of fused-ring (bicyclic) bond motifs is 1. The van der Waals surface area contributed by atoms with Crippen molar-refractivity contribution in [3.05, 3.63) is 152 Å². The van der Waals surface area contributed by atoms with Crippen LogP contribution in [0.5, 0.6) is 5.88 Å². The third kappa shape index (κ3) is 19.5.